The smallest absolute Gasteiger partial charge is 0.261 e. The van der Waals surface area contributed by atoms with E-state index >= 15 is 0 Å². The van der Waals surface area contributed by atoms with E-state index in [-0.39, 0.29) is 24.5 Å². The van der Waals surface area contributed by atoms with Gasteiger partial charge in [0.25, 0.3) is 5.91 Å². The summed E-state index contributed by atoms with van der Waals surface area (Å²) in [6, 6.07) is 12.8. The Morgan fingerprint density at radius 1 is 1.06 bits per heavy atom. The minimum Gasteiger partial charge on any atom is -0.484 e. The fourth-order valence-corrected chi connectivity index (χ4v) is 3.47. The molecule has 0 heterocycles. The summed E-state index contributed by atoms with van der Waals surface area (Å²) in [5.41, 5.74) is 2.75. The van der Waals surface area contributed by atoms with Gasteiger partial charge in [-0.25, -0.2) is 0 Å². The van der Waals surface area contributed by atoms with Crippen LogP contribution in [0, 0.1) is 13.8 Å². The summed E-state index contributed by atoms with van der Waals surface area (Å²) in [5.74, 6) is 0.212. The van der Waals surface area contributed by atoms with Crippen molar-refractivity contribution in [1.29, 1.82) is 0 Å². The zero-order chi connectivity index (χ0) is 23.0. The number of nitrogens with zero attached hydrogens (tertiary/aromatic N) is 1. The van der Waals surface area contributed by atoms with Crippen molar-refractivity contribution in [3.05, 3.63) is 64.2 Å². The van der Waals surface area contributed by atoms with Crippen LogP contribution in [0.2, 0.25) is 5.02 Å². The Morgan fingerprint density at radius 3 is 2.23 bits per heavy atom. The first-order valence-electron chi connectivity index (χ1n) is 10.8. The molecule has 2 amide bonds. The van der Waals surface area contributed by atoms with E-state index in [1.807, 2.05) is 77.1 Å². The molecule has 168 valence electrons. The first-order valence-corrected chi connectivity index (χ1v) is 11.2. The number of nitrogens with one attached hydrogen (secondary N) is 1. The number of hydrogen-bond donors (Lipinski definition) is 1. The second-order valence-corrected chi connectivity index (χ2v) is 8.29. The normalized spacial score (nSPS) is 12.7. The maximum absolute atomic E-state index is 13.2. The zero-order valence-electron chi connectivity index (χ0n) is 19.1. The van der Waals surface area contributed by atoms with E-state index in [1.54, 1.807) is 4.90 Å². The molecule has 0 aromatic heterocycles. The molecule has 2 aromatic carbocycles. The average molecular weight is 445 g/mol. The Kier molecular flexibility index (Phi) is 9.38. The SMILES string of the molecule is CC[C@H](C(=O)N[C@@H](C)CC)N(Cc1ccccc1)C(=O)COc1cc(C)c(Cl)c(C)c1. The lowest BCUT2D eigenvalue weighted by Gasteiger charge is -2.31. The molecule has 0 aliphatic heterocycles. The summed E-state index contributed by atoms with van der Waals surface area (Å²) in [5, 5.41) is 3.70. The van der Waals surface area contributed by atoms with Crippen LogP contribution >= 0.6 is 11.6 Å². The van der Waals surface area contributed by atoms with Gasteiger partial charge in [0.15, 0.2) is 6.61 Å². The summed E-state index contributed by atoms with van der Waals surface area (Å²) in [4.78, 5) is 27.7. The molecule has 0 saturated heterocycles. The highest BCUT2D eigenvalue weighted by atomic mass is 35.5. The minimum atomic E-state index is -0.570. The van der Waals surface area contributed by atoms with Crippen LogP contribution in [0.5, 0.6) is 5.75 Å². The number of ether oxygens (including phenoxy) is 1. The molecule has 0 aliphatic rings. The Bertz CT molecular complexity index is 863. The van der Waals surface area contributed by atoms with Crippen molar-refractivity contribution in [2.45, 2.75) is 66.1 Å². The maximum atomic E-state index is 13.2. The molecule has 0 saturated carbocycles. The van der Waals surface area contributed by atoms with E-state index in [1.165, 1.54) is 0 Å². The molecular formula is C25H33ClN2O3. The van der Waals surface area contributed by atoms with E-state index in [9.17, 15) is 9.59 Å². The van der Waals surface area contributed by atoms with Crippen molar-refractivity contribution < 1.29 is 14.3 Å². The molecule has 2 atom stereocenters. The van der Waals surface area contributed by atoms with Gasteiger partial charge >= 0.3 is 0 Å². The quantitative estimate of drug-likeness (QED) is 0.557. The average Bonchev–Trinajstić information content (AvgIpc) is 2.76. The van der Waals surface area contributed by atoms with Gasteiger partial charge in [-0.05, 0) is 62.4 Å². The van der Waals surface area contributed by atoms with Gasteiger partial charge in [0.1, 0.15) is 11.8 Å². The highest BCUT2D eigenvalue weighted by Gasteiger charge is 2.29. The molecule has 2 rings (SSSR count). The molecule has 2 aromatic rings. The van der Waals surface area contributed by atoms with Gasteiger partial charge in [-0.3, -0.25) is 9.59 Å². The largest absolute Gasteiger partial charge is 0.484 e. The second kappa shape index (κ2) is 11.8. The van der Waals surface area contributed by atoms with E-state index in [2.05, 4.69) is 5.32 Å². The number of aryl methyl sites for hydroxylation is 2. The Hall–Kier alpha value is -2.53. The van der Waals surface area contributed by atoms with Gasteiger partial charge < -0.3 is 15.0 Å². The fraction of sp³-hybridized carbons (Fsp3) is 0.440. The lowest BCUT2D eigenvalue weighted by atomic mass is 10.1. The number of rotatable bonds is 10. The lowest BCUT2D eigenvalue weighted by Crippen LogP contribution is -2.51. The van der Waals surface area contributed by atoms with Gasteiger partial charge in [-0.1, -0.05) is 55.8 Å². The monoisotopic (exact) mass is 444 g/mol. The number of benzene rings is 2. The standard InChI is InChI=1S/C25H33ClN2O3/c1-6-19(5)27-25(30)22(7-2)28(15-20-11-9-8-10-12-20)23(29)16-31-21-13-17(3)24(26)18(4)14-21/h8-14,19,22H,6-7,15-16H2,1-5H3,(H,27,30)/t19-,22+/m0/s1. The number of amides is 2. The van der Waals surface area contributed by atoms with E-state index in [0.29, 0.717) is 23.7 Å². The third kappa shape index (κ3) is 7.00. The molecule has 31 heavy (non-hydrogen) atoms. The fourth-order valence-electron chi connectivity index (χ4n) is 3.36. The van der Waals surface area contributed by atoms with Gasteiger partial charge in [-0.15, -0.1) is 0 Å². The summed E-state index contributed by atoms with van der Waals surface area (Å²) >= 11 is 6.23. The van der Waals surface area contributed by atoms with Gasteiger partial charge in [0.2, 0.25) is 5.91 Å². The third-order valence-electron chi connectivity index (χ3n) is 5.35. The van der Waals surface area contributed by atoms with Crippen LogP contribution in [-0.4, -0.2) is 35.4 Å². The van der Waals surface area contributed by atoms with Crippen molar-refractivity contribution in [3.8, 4) is 5.75 Å². The van der Waals surface area contributed by atoms with Crippen LogP contribution in [0.4, 0.5) is 0 Å². The number of carbonyl (C=O) groups excluding carboxylic acids is 2. The van der Waals surface area contributed by atoms with E-state index < -0.39 is 6.04 Å². The van der Waals surface area contributed by atoms with Crippen molar-refractivity contribution in [3.63, 3.8) is 0 Å². The molecule has 1 N–H and O–H groups in total. The molecule has 0 unspecified atom stereocenters. The maximum Gasteiger partial charge on any atom is 0.261 e. The van der Waals surface area contributed by atoms with Gasteiger partial charge in [0.05, 0.1) is 0 Å². The molecule has 0 spiro atoms. The summed E-state index contributed by atoms with van der Waals surface area (Å²) in [6.07, 6.45) is 1.34. The van der Waals surface area contributed by atoms with E-state index in [0.717, 1.165) is 23.1 Å². The van der Waals surface area contributed by atoms with E-state index in [4.69, 9.17) is 16.3 Å². The number of hydrogen-bond acceptors (Lipinski definition) is 3. The lowest BCUT2D eigenvalue weighted by molar-refractivity contribution is -0.143. The molecule has 0 fully saturated rings. The van der Waals surface area contributed by atoms with Crippen LogP contribution in [0.15, 0.2) is 42.5 Å². The summed E-state index contributed by atoms with van der Waals surface area (Å²) < 4.78 is 5.80. The van der Waals surface area contributed by atoms with Crippen molar-refractivity contribution in [2.24, 2.45) is 0 Å². The number of halogens is 1. The molecule has 0 bridgehead atoms. The third-order valence-corrected chi connectivity index (χ3v) is 5.95. The first kappa shape index (κ1) is 24.7. The Balaban J connectivity index is 2.21. The van der Waals surface area contributed by atoms with Crippen LogP contribution in [-0.2, 0) is 16.1 Å². The molecule has 5 nitrogen and oxygen atoms in total. The highest BCUT2D eigenvalue weighted by Crippen LogP contribution is 2.26. The van der Waals surface area contributed by atoms with Crippen LogP contribution in [0.1, 0.15) is 50.3 Å². The number of carbonyl (C=O) groups is 2. The van der Waals surface area contributed by atoms with Crippen LogP contribution < -0.4 is 10.1 Å². The Morgan fingerprint density at radius 2 is 1.68 bits per heavy atom. The van der Waals surface area contributed by atoms with Crippen LogP contribution in [0.25, 0.3) is 0 Å². The Labute approximate surface area is 190 Å². The second-order valence-electron chi connectivity index (χ2n) is 7.91. The zero-order valence-corrected chi connectivity index (χ0v) is 19.8. The summed E-state index contributed by atoms with van der Waals surface area (Å²) in [7, 11) is 0. The first-order chi connectivity index (χ1) is 14.8. The van der Waals surface area contributed by atoms with Crippen molar-refractivity contribution in [2.75, 3.05) is 6.61 Å². The van der Waals surface area contributed by atoms with Crippen molar-refractivity contribution >= 4 is 23.4 Å². The molecule has 6 heteroatoms. The molecule has 0 aliphatic carbocycles. The van der Waals surface area contributed by atoms with Gasteiger partial charge in [0, 0.05) is 17.6 Å². The molecular weight excluding hydrogens is 412 g/mol. The highest BCUT2D eigenvalue weighted by molar-refractivity contribution is 6.32. The topological polar surface area (TPSA) is 58.6 Å². The predicted molar refractivity (Wildman–Crippen MR) is 125 cm³/mol. The van der Waals surface area contributed by atoms with Crippen LogP contribution in [0.3, 0.4) is 0 Å². The molecule has 0 radical (unpaired) electrons. The van der Waals surface area contributed by atoms with Gasteiger partial charge in [-0.2, -0.15) is 0 Å². The predicted octanol–water partition coefficient (Wildman–Crippen LogP) is 5.06. The summed E-state index contributed by atoms with van der Waals surface area (Å²) in [6.45, 7) is 9.88. The van der Waals surface area contributed by atoms with Crippen molar-refractivity contribution in [1.82, 2.24) is 10.2 Å². The minimum absolute atomic E-state index is 0.0477.